The van der Waals surface area contributed by atoms with Gasteiger partial charge in [-0.15, -0.1) is 0 Å². The van der Waals surface area contributed by atoms with Gasteiger partial charge in [0.25, 0.3) is 5.69 Å². The van der Waals surface area contributed by atoms with E-state index in [1.165, 1.54) is 24.3 Å². The molecule has 0 amide bonds. The van der Waals surface area contributed by atoms with Crippen molar-refractivity contribution in [1.82, 2.24) is 0 Å². The first kappa shape index (κ1) is 27.9. The number of phenolic OH excluding ortho intramolecular Hbond substituents is 2. The van der Waals surface area contributed by atoms with E-state index in [1.54, 1.807) is 13.8 Å². The van der Waals surface area contributed by atoms with Crippen molar-refractivity contribution in [1.29, 1.82) is 0 Å². The lowest BCUT2D eigenvalue weighted by Gasteiger charge is -2.06. The summed E-state index contributed by atoms with van der Waals surface area (Å²) < 4.78 is 60.7. The summed E-state index contributed by atoms with van der Waals surface area (Å²) in [7, 11) is 0. The highest BCUT2D eigenvalue weighted by Gasteiger charge is 2.25. The smallest absolute Gasteiger partial charge is 0.273 e. The number of carbonyl (C=O) groups is 2. The maximum atomic E-state index is 13.2. The van der Waals surface area contributed by atoms with Gasteiger partial charge in [-0.25, -0.2) is 0 Å². The van der Waals surface area contributed by atoms with Gasteiger partial charge in [0.05, 0.1) is 48.2 Å². The van der Waals surface area contributed by atoms with Gasteiger partial charge < -0.3 is 24.8 Å². The summed E-state index contributed by atoms with van der Waals surface area (Å²) in [6.45, 7) is 3.48. The molecule has 0 aliphatic rings. The summed E-state index contributed by atoms with van der Waals surface area (Å²) in [5.74, 6) is -0.648. The van der Waals surface area contributed by atoms with Crippen molar-refractivity contribution in [3.05, 3.63) is 122 Å². The number of aryl methyl sites for hydroxylation is 2. The van der Waals surface area contributed by atoms with Gasteiger partial charge >= 0.3 is 0 Å². The first-order chi connectivity index (χ1) is 25.3. The number of nitrogens with zero attached hydrogens (tertiary/aromatic N) is 1. The van der Waals surface area contributed by atoms with Gasteiger partial charge in [-0.2, -0.15) is 0 Å². The zero-order valence-electron chi connectivity index (χ0n) is 30.6. The summed E-state index contributed by atoms with van der Waals surface area (Å²) in [4.78, 5) is 36.6. The molecule has 10 nitrogen and oxygen atoms in total. The fourth-order valence-electron chi connectivity index (χ4n) is 4.67. The minimum absolute atomic E-state index is 0.0242. The Morgan fingerprint density at radius 2 is 1.17 bits per heavy atom. The van der Waals surface area contributed by atoms with Crippen LogP contribution in [0.5, 0.6) is 11.5 Å². The van der Waals surface area contributed by atoms with E-state index in [9.17, 15) is 29.9 Å². The molecule has 0 aliphatic carbocycles. The van der Waals surface area contributed by atoms with Crippen molar-refractivity contribution in [2.45, 2.75) is 26.7 Å². The zero-order valence-corrected chi connectivity index (χ0v) is 30.9. The molecule has 4 N–H and O–H groups in total. The summed E-state index contributed by atoms with van der Waals surface area (Å²) >= 11 is 12.7. The second kappa shape index (κ2) is 14.2. The number of ketones is 2. The molecule has 0 radical (unpaired) electrons. The van der Waals surface area contributed by atoms with Crippen molar-refractivity contribution in [2.24, 2.45) is 0 Å². The van der Waals surface area contributed by atoms with Crippen LogP contribution in [0.4, 0.5) is 11.4 Å². The lowest BCUT2D eigenvalue weighted by atomic mass is 9.99. The van der Waals surface area contributed by atoms with Crippen LogP contribution in [0.1, 0.15) is 65.4 Å². The molecule has 48 heavy (non-hydrogen) atoms. The van der Waals surface area contributed by atoms with Gasteiger partial charge in [0, 0.05) is 52.5 Å². The number of fused-ring (bicyclic) bond motifs is 2. The maximum Gasteiger partial charge on any atom is 0.273 e. The average molecular weight is 914 g/mol. The average Bonchev–Trinajstić information content (AvgIpc) is 3.72. The van der Waals surface area contributed by atoms with Crippen molar-refractivity contribution in [3.63, 3.8) is 0 Å². The lowest BCUT2D eigenvalue weighted by molar-refractivity contribution is -0.384. The van der Waals surface area contributed by atoms with Crippen LogP contribution >= 0.6 is 63.7 Å². The second-order valence-electron chi connectivity index (χ2n) is 9.92. The molecule has 0 bridgehead atoms. The Morgan fingerprint density at radius 3 is 1.56 bits per heavy atom. The lowest BCUT2D eigenvalue weighted by Crippen LogP contribution is -2.04. The molecular formula is C34H24Br4N2O8. The molecule has 246 valence electrons. The van der Waals surface area contributed by atoms with Crippen LogP contribution < -0.4 is 5.73 Å². The van der Waals surface area contributed by atoms with E-state index in [1.807, 2.05) is 0 Å². The molecule has 0 atom stereocenters. The fraction of sp³-hybridized carbons (Fsp3) is 0.118. The Kier molecular flexibility index (Phi) is 8.29. The molecule has 0 saturated carbocycles. The normalized spacial score (nSPS) is 12.8. The first-order valence-corrected chi connectivity index (χ1v) is 16.9. The Balaban J connectivity index is 0.000000208. The van der Waals surface area contributed by atoms with E-state index in [-0.39, 0.29) is 101 Å². The zero-order chi connectivity index (χ0) is 40.2. The molecule has 0 fully saturated rings. The summed E-state index contributed by atoms with van der Waals surface area (Å²) in [6.07, 6.45) is 0.596. The van der Waals surface area contributed by atoms with Crippen LogP contribution in [-0.2, 0) is 12.8 Å². The molecule has 2 heterocycles. The topological polar surface area (TPSA) is 170 Å². The number of halogens is 4. The van der Waals surface area contributed by atoms with Crippen LogP contribution in [0.15, 0.2) is 87.2 Å². The second-order valence-corrected chi connectivity index (χ2v) is 13.3. The van der Waals surface area contributed by atoms with E-state index in [0.717, 1.165) is 0 Å². The SMILES string of the molecule is [2H]c1c(N)c([2H])c2oc(CC)c(C(=O)c3cc(Br)c(O)c(Br)c3)c2c1[2H].[2H]c1c([N+](=O)[O-])c([2H])c2oc(CC)c(C(=O)c3cc(Br)c(O)c(Br)c3)c2c1[2H]. The van der Waals surface area contributed by atoms with Gasteiger partial charge in [0.2, 0.25) is 0 Å². The first-order valence-electron chi connectivity index (χ1n) is 16.7. The Morgan fingerprint density at radius 1 is 0.771 bits per heavy atom. The van der Waals surface area contributed by atoms with Crippen LogP contribution in [0, 0.1) is 10.1 Å². The molecule has 2 aromatic heterocycles. The highest BCUT2D eigenvalue weighted by atomic mass is 79.9. The number of hydrogen-bond acceptors (Lipinski definition) is 9. The molecule has 0 unspecified atom stereocenters. The third-order valence-corrected chi connectivity index (χ3v) is 9.33. The number of nitro benzene ring substituents is 1. The number of hydrogen-bond donors (Lipinski definition) is 3. The fourth-order valence-corrected chi connectivity index (χ4v) is 7.04. The quantitative estimate of drug-likeness (QED) is 0.0610. The number of benzene rings is 4. The van der Waals surface area contributed by atoms with Crippen LogP contribution in [0.25, 0.3) is 21.9 Å². The van der Waals surface area contributed by atoms with Crippen molar-refractivity contribution < 1.29 is 41.8 Å². The molecule has 6 rings (SSSR count). The highest BCUT2D eigenvalue weighted by Crippen LogP contribution is 2.38. The van der Waals surface area contributed by atoms with Crippen molar-refractivity contribution in [2.75, 3.05) is 5.73 Å². The number of furan rings is 2. The van der Waals surface area contributed by atoms with Gasteiger partial charge in [-0.3, -0.25) is 19.7 Å². The van der Waals surface area contributed by atoms with Gasteiger partial charge in [-0.05, 0) is 106 Å². The monoisotopic (exact) mass is 910 g/mol. The number of carbonyl (C=O) groups excluding carboxylic acids is 2. The predicted octanol–water partition coefficient (Wildman–Crippen LogP) is 10.4. The molecule has 0 aliphatic heterocycles. The number of nitro groups is 1. The number of rotatable bonds is 7. The Labute approximate surface area is 315 Å². The predicted molar refractivity (Wildman–Crippen MR) is 196 cm³/mol. The van der Waals surface area contributed by atoms with E-state index in [4.69, 9.17) is 22.8 Å². The van der Waals surface area contributed by atoms with Crippen LogP contribution in [0.3, 0.4) is 0 Å². The van der Waals surface area contributed by atoms with E-state index in [2.05, 4.69) is 63.7 Å². The third kappa shape index (κ3) is 6.79. The molecule has 0 saturated heterocycles. The number of nitrogens with two attached hydrogens (primary N) is 1. The summed E-state index contributed by atoms with van der Waals surface area (Å²) in [6, 6.07) is 2.97. The van der Waals surface area contributed by atoms with Crippen molar-refractivity contribution in [3.8, 4) is 11.5 Å². The Bertz CT molecular complexity index is 2560. The summed E-state index contributed by atoms with van der Waals surface area (Å²) in [5, 5.41) is 30.9. The highest BCUT2D eigenvalue weighted by molar-refractivity contribution is 9.11. The van der Waals surface area contributed by atoms with Crippen molar-refractivity contribution >= 4 is 109 Å². The minimum Gasteiger partial charge on any atom is -0.506 e. The largest absolute Gasteiger partial charge is 0.506 e. The van der Waals surface area contributed by atoms with Crippen LogP contribution in [0.2, 0.25) is 0 Å². The molecule has 6 aromatic rings. The minimum atomic E-state index is -0.911. The molecule has 14 heteroatoms. The molecule has 0 spiro atoms. The van der Waals surface area contributed by atoms with Gasteiger partial charge in [-0.1, -0.05) is 13.8 Å². The number of anilines is 1. The summed E-state index contributed by atoms with van der Waals surface area (Å²) in [5.41, 5.74) is 4.99. The maximum absolute atomic E-state index is 13.2. The molecular weight excluding hydrogens is 884 g/mol. The molecule has 4 aromatic carbocycles. The Hall–Kier alpha value is -3.98. The van der Waals surface area contributed by atoms with Gasteiger partial charge in [0.15, 0.2) is 11.6 Å². The van der Waals surface area contributed by atoms with E-state index >= 15 is 0 Å². The van der Waals surface area contributed by atoms with Gasteiger partial charge in [0.1, 0.15) is 34.2 Å². The number of nitrogen functional groups attached to an aromatic ring is 1. The standard InChI is InChI=1S/C17H11Br2NO5.C17H13Br2NO3/c1-2-13-15(10-4-3-9(20(23)24)7-14(10)25-13)16(21)8-5-11(18)17(22)12(19)6-8;1-2-13-15(10-4-3-9(20)7-14(10)23-13)16(21)8-5-11(18)17(22)12(19)6-8/h3-7,22H,2H2,1H3;3-7,22H,2,20H2,1H3/i2*3D,4D,7D. The van der Waals surface area contributed by atoms with E-state index in [0.29, 0.717) is 21.1 Å². The number of phenols is 2. The van der Waals surface area contributed by atoms with Crippen LogP contribution in [-0.4, -0.2) is 26.7 Å². The van der Waals surface area contributed by atoms with E-state index < -0.39 is 40.3 Å². The number of aromatic hydroxyl groups is 2. The third-order valence-electron chi connectivity index (χ3n) is 6.91.